The summed E-state index contributed by atoms with van der Waals surface area (Å²) in [4.78, 5) is 24.7. The standard InChI is InChI=1S/C12H22N2O4/c1-3-10-12(16)13-5-6-14(10)7-8-17-9-11(15)18-4-2/h10H,3-9H2,1-2H3,(H,13,16). The van der Waals surface area contributed by atoms with Gasteiger partial charge in [-0.2, -0.15) is 0 Å². The molecule has 0 aromatic rings. The first-order valence-electron chi connectivity index (χ1n) is 6.44. The minimum atomic E-state index is -0.346. The number of nitrogens with one attached hydrogen (secondary N) is 1. The largest absolute Gasteiger partial charge is 0.464 e. The highest BCUT2D eigenvalue weighted by molar-refractivity contribution is 5.82. The van der Waals surface area contributed by atoms with Gasteiger partial charge in [0.15, 0.2) is 0 Å². The second-order valence-corrected chi connectivity index (χ2v) is 4.11. The maximum atomic E-state index is 11.6. The molecule has 1 aliphatic rings. The van der Waals surface area contributed by atoms with E-state index in [0.29, 0.717) is 26.3 Å². The topological polar surface area (TPSA) is 67.9 Å². The lowest BCUT2D eigenvalue weighted by atomic mass is 10.1. The first-order valence-corrected chi connectivity index (χ1v) is 6.44. The number of piperazine rings is 1. The smallest absolute Gasteiger partial charge is 0.332 e. The molecule has 18 heavy (non-hydrogen) atoms. The summed E-state index contributed by atoms with van der Waals surface area (Å²) in [5, 5.41) is 2.84. The van der Waals surface area contributed by atoms with Crippen LogP contribution in [0, 0.1) is 0 Å². The molecule has 0 aliphatic carbocycles. The molecule has 0 saturated carbocycles. The molecule has 0 radical (unpaired) electrons. The average molecular weight is 258 g/mol. The van der Waals surface area contributed by atoms with E-state index >= 15 is 0 Å². The van der Waals surface area contributed by atoms with Crippen molar-refractivity contribution in [2.45, 2.75) is 26.3 Å². The SMILES string of the molecule is CCOC(=O)COCCN1CCNC(=O)C1CC. The molecule has 0 spiro atoms. The number of rotatable bonds is 7. The molecule has 1 atom stereocenters. The number of nitrogens with zero attached hydrogens (tertiary/aromatic N) is 1. The highest BCUT2D eigenvalue weighted by Gasteiger charge is 2.27. The van der Waals surface area contributed by atoms with Crippen LogP contribution in [0.15, 0.2) is 0 Å². The zero-order chi connectivity index (χ0) is 13.4. The molecule has 1 amide bonds. The van der Waals surface area contributed by atoms with Gasteiger partial charge >= 0.3 is 5.97 Å². The van der Waals surface area contributed by atoms with E-state index in [-0.39, 0.29) is 24.5 Å². The number of esters is 1. The Bertz CT molecular complexity index is 283. The highest BCUT2D eigenvalue weighted by atomic mass is 16.6. The summed E-state index contributed by atoms with van der Waals surface area (Å²) in [7, 11) is 0. The molecule has 0 aromatic carbocycles. The Kier molecular flexibility index (Phi) is 6.67. The summed E-state index contributed by atoms with van der Waals surface area (Å²) in [6.07, 6.45) is 0.781. The normalized spacial score (nSPS) is 20.6. The molecule has 0 bridgehead atoms. The number of carbonyl (C=O) groups is 2. The van der Waals surface area contributed by atoms with Crippen molar-refractivity contribution in [3.63, 3.8) is 0 Å². The van der Waals surface area contributed by atoms with E-state index in [9.17, 15) is 9.59 Å². The van der Waals surface area contributed by atoms with Gasteiger partial charge in [0, 0.05) is 19.6 Å². The Balaban J connectivity index is 2.21. The number of amides is 1. The number of carbonyl (C=O) groups excluding carboxylic acids is 2. The van der Waals surface area contributed by atoms with Gasteiger partial charge in [0.2, 0.25) is 5.91 Å². The molecule has 1 N–H and O–H groups in total. The van der Waals surface area contributed by atoms with Crippen molar-refractivity contribution in [1.82, 2.24) is 10.2 Å². The predicted octanol–water partition coefficient (Wildman–Crippen LogP) is -0.223. The van der Waals surface area contributed by atoms with Gasteiger partial charge in [-0.25, -0.2) is 4.79 Å². The van der Waals surface area contributed by atoms with Crippen LogP contribution < -0.4 is 5.32 Å². The fourth-order valence-corrected chi connectivity index (χ4v) is 2.01. The van der Waals surface area contributed by atoms with Crippen LogP contribution in [0.1, 0.15) is 20.3 Å². The Hall–Kier alpha value is -1.14. The molecular weight excluding hydrogens is 236 g/mol. The highest BCUT2D eigenvalue weighted by Crippen LogP contribution is 2.07. The molecule has 1 unspecified atom stereocenters. The van der Waals surface area contributed by atoms with Gasteiger partial charge in [0.1, 0.15) is 6.61 Å². The molecule has 1 saturated heterocycles. The fraction of sp³-hybridized carbons (Fsp3) is 0.833. The summed E-state index contributed by atoms with van der Waals surface area (Å²) in [5.41, 5.74) is 0. The van der Waals surface area contributed by atoms with E-state index < -0.39 is 0 Å². The van der Waals surface area contributed by atoms with Crippen LogP contribution in [0.4, 0.5) is 0 Å². The van der Waals surface area contributed by atoms with Crippen molar-refractivity contribution in [1.29, 1.82) is 0 Å². The van der Waals surface area contributed by atoms with Gasteiger partial charge in [0.25, 0.3) is 0 Å². The quantitative estimate of drug-likeness (QED) is 0.505. The van der Waals surface area contributed by atoms with E-state index in [1.807, 2.05) is 6.92 Å². The summed E-state index contributed by atoms with van der Waals surface area (Å²) in [6, 6.07) is -0.0788. The molecule has 1 heterocycles. The Morgan fingerprint density at radius 3 is 2.94 bits per heavy atom. The average Bonchev–Trinajstić information content (AvgIpc) is 2.35. The monoisotopic (exact) mass is 258 g/mol. The van der Waals surface area contributed by atoms with Gasteiger partial charge in [-0.05, 0) is 13.3 Å². The Labute approximate surface area is 108 Å². The summed E-state index contributed by atoms with van der Waals surface area (Å²) in [6.45, 7) is 6.68. The second kappa shape index (κ2) is 8.05. The molecular formula is C12H22N2O4. The Morgan fingerprint density at radius 1 is 1.50 bits per heavy atom. The first-order chi connectivity index (χ1) is 8.69. The van der Waals surface area contributed by atoms with Crippen LogP contribution in [0.5, 0.6) is 0 Å². The van der Waals surface area contributed by atoms with Gasteiger partial charge in [-0.1, -0.05) is 6.92 Å². The van der Waals surface area contributed by atoms with E-state index in [2.05, 4.69) is 10.2 Å². The zero-order valence-corrected chi connectivity index (χ0v) is 11.1. The van der Waals surface area contributed by atoms with Crippen LogP contribution in [0.2, 0.25) is 0 Å². The molecule has 1 aliphatic heterocycles. The van der Waals surface area contributed by atoms with E-state index in [1.54, 1.807) is 6.92 Å². The van der Waals surface area contributed by atoms with E-state index in [0.717, 1.165) is 13.0 Å². The molecule has 6 nitrogen and oxygen atoms in total. The fourth-order valence-electron chi connectivity index (χ4n) is 2.01. The molecule has 1 fully saturated rings. The van der Waals surface area contributed by atoms with Crippen LogP contribution in [-0.2, 0) is 19.1 Å². The van der Waals surface area contributed by atoms with Gasteiger partial charge < -0.3 is 14.8 Å². The van der Waals surface area contributed by atoms with Gasteiger partial charge in [-0.15, -0.1) is 0 Å². The lowest BCUT2D eigenvalue weighted by molar-refractivity contribution is -0.149. The number of hydrogen-bond donors (Lipinski definition) is 1. The third-order valence-electron chi connectivity index (χ3n) is 2.88. The third kappa shape index (κ3) is 4.62. The predicted molar refractivity (Wildman–Crippen MR) is 66.1 cm³/mol. The van der Waals surface area contributed by atoms with Crippen molar-refractivity contribution in [3.05, 3.63) is 0 Å². The molecule has 1 rings (SSSR count). The molecule has 6 heteroatoms. The minimum Gasteiger partial charge on any atom is -0.464 e. The van der Waals surface area contributed by atoms with Crippen molar-refractivity contribution >= 4 is 11.9 Å². The summed E-state index contributed by atoms with van der Waals surface area (Å²) < 4.78 is 9.98. The molecule has 0 aromatic heterocycles. The number of ether oxygens (including phenoxy) is 2. The van der Waals surface area contributed by atoms with Crippen LogP contribution in [-0.4, -0.2) is 62.3 Å². The van der Waals surface area contributed by atoms with Crippen molar-refractivity contribution < 1.29 is 19.1 Å². The van der Waals surface area contributed by atoms with Crippen molar-refractivity contribution in [3.8, 4) is 0 Å². The lowest BCUT2D eigenvalue weighted by Gasteiger charge is -2.34. The Morgan fingerprint density at radius 2 is 2.28 bits per heavy atom. The first kappa shape index (κ1) is 14.9. The second-order valence-electron chi connectivity index (χ2n) is 4.11. The van der Waals surface area contributed by atoms with Gasteiger partial charge in [-0.3, -0.25) is 9.69 Å². The summed E-state index contributed by atoms with van der Waals surface area (Å²) >= 11 is 0. The van der Waals surface area contributed by atoms with Crippen molar-refractivity contribution in [2.75, 3.05) is 39.5 Å². The van der Waals surface area contributed by atoms with Gasteiger partial charge in [0.05, 0.1) is 19.3 Å². The van der Waals surface area contributed by atoms with Crippen LogP contribution >= 0.6 is 0 Å². The maximum absolute atomic E-state index is 11.6. The van der Waals surface area contributed by atoms with Crippen LogP contribution in [0.3, 0.4) is 0 Å². The lowest BCUT2D eigenvalue weighted by Crippen LogP contribution is -2.55. The third-order valence-corrected chi connectivity index (χ3v) is 2.88. The molecule has 104 valence electrons. The maximum Gasteiger partial charge on any atom is 0.332 e. The summed E-state index contributed by atoms with van der Waals surface area (Å²) in [5.74, 6) is -0.268. The number of hydrogen-bond acceptors (Lipinski definition) is 5. The van der Waals surface area contributed by atoms with Crippen LogP contribution in [0.25, 0.3) is 0 Å². The van der Waals surface area contributed by atoms with E-state index in [1.165, 1.54) is 0 Å². The van der Waals surface area contributed by atoms with Crippen molar-refractivity contribution in [2.24, 2.45) is 0 Å². The van der Waals surface area contributed by atoms with E-state index in [4.69, 9.17) is 9.47 Å². The minimum absolute atomic E-state index is 0.0231. The zero-order valence-electron chi connectivity index (χ0n) is 11.1.